The molecule has 0 saturated heterocycles. The summed E-state index contributed by atoms with van der Waals surface area (Å²) in [4.78, 5) is 8.92. The third-order valence-electron chi connectivity index (χ3n) is 4.89. The number of hydrogen-bond donors (Lipinski definition) is 3. The normalized spacial score (nSPS) is 13.1. The van der Waals surface area contributed by atoms with Crippen molar-refractivity contribution >= 4 is 5.82 Å². The van der Waals surface area contributed by atoms with Gasteiger partial charge in [-0.25, -0.2) is 9.97 Å². The van der Waals surface area contributed by atoms with Gasteiger partial charge in [0.05, 0.1) is 11.3 Å². The van der Waals surface area contributed by atoms with Crippen LogP contribution in [-0.4, -0.2) is 28.2 Å². The maximum absolute atomic E-state index is 10.2. The lowest BCUT2D eigenvalue weighted by molar-refractivity contribution is 0.438. The third kappa shape index (κ3) is 4.95. The monoisotopic (exact) mass is 367 g/mol. The second-order valence-corrected chi connectivity index (χ2v) is 7.09. The molecule has 27 heavy (non-hydrogen) atoms. The van der Waals surface area contributed by atoms with E-state index < -0.39 is 0 Å². The van der Waals surface area contributed by atoms with Crippen molar-refractivity contribution in [3.8, 4) is 23.2 Å². The van der Waals surface area contributed by atoms with Crippen LogP contribution in [0.2, 0.25) is 0 Å². The van der Waals surface area contributed by atoms with Crippen LogP contribution >= 0.6 is 0 Å². The average molecular weight is 367 g/mol. The SMILES string of the molecule is CCCCC(CC(C)c1nc(-c2cc(C)ccc2O)nc(N)c1C#N)NC. The van der Waals surface area contributed by atoms with Gasteiger partial charge in [-0.2, -0.15) is 5.26 Å². The Labute approximate surface area is 161 Å². The van der Waals surface area contributed by atoms with Crippen molar-refractivity contribution in [2.24, 2.45) is 0 Å². The number of nitrogens with two attached hydrogens (primary N) is 1. The smallest absolute Gasteiger partial charge is 0.165 e. The Hall–Kier alpha value is -2.65. The molecule has 0 fully saturated rings. The molecule has 6 nitrogen and oxygen atoms in total. The van der Waals surface area contributed by atoms with E-state index in [0.717, 1.165) is 31.2 Å². The van der Waals surface area contributed by atoms with Crippen molar-refractivity contribution in [2.45, 2.75) is 58.4 Å². The Morgan fingerprint density at radius 3 is 2.70 bits per heavy atom. The van der Waals surface area contributed by atoms with Crippen LogP contribution in [0.4, 0.5) is 5.82 Å². The number of hydrogen-bond acceptors (Lipinski definition) is 6. The first-order valence-electron chi connectivity index (χ1n) is 9.45. The molecule has 2 unspecified atom stereocenters. The summed E-state index contributed by atoms with van der Waals surface area (Å²) < 4.78 is 0. The molecule has 2 aromatic rings. The predicted molar refractivity (Wildman–Crippen MR) is 108 cm³/mol. The summed E-state index contributed by atoms with van der Waals surface area (Å²) in [6.07, 6.45) is 4.22. The van der Waals surface area contributed by atoms with E-state index in [1.807, 2.05) is 26.1 Å². The fourth-order valence-corrected chi connectivity index (χ4v) is 3.29. The number of aromatic hydroxyl groups is 1. The Morgan fingerprint density at radius 1 is 1.33 bits per heavy atom. The lowest BCUT2D eigenvalue weighted by Crippen LogP contribution is -2.27. The number of nitrogens with one attached hydrogen (secondary N) is 1. The molecule has 0 saturated carbocycles. The van der Waals surface area contributed by atoms with Crippen LogP contribution in [0, 0.1) is 18.3 Å². The Morgan fingerprint density at radius 2 is 2.07 bits per heavy atom. The van der Waals surface area contributed by atoms with Crippen LogP contribution in [-0.2, 0) is 0 Å². The molecule has 4 N–H and O–H groups in total. The molecule has 1 aromatic heterocycles. The quantitative estimate of drug-likeness (QED) is 0.653. The molecule has 2 atom stereocenters. The first-order valence-corrected chi connectivity index (χ1v) is 9.45. The second kappa shape index (κ2) is 9.33. The van der Waals surface area contributed by atoms with Gasteiger partial charge >= 0.3 is 0 Å². The summed E-state index contributed by atoms with van der Waals surface area (Å²) in [7, 11) is 1.96. The number of aryl methyl sites for hydroxylation is 1. The highest BCUT2D eigenvalue weighted by molar-refractivity contribution is 5.67. The Balaban J connectivity index is 2.44. The number of nitrogen functional groups attached to an aromatic ring is 1. The molecule has 0 bridgehead atoms. The van der Waals surface area contributed by atoms with Crippen LogP contribution in [0.5, 0.6) is 5.75 Å². The number of nitriles is 1. The molecule has 6 heteroatoms. The molecule has 2 rings (SSSR count). The van der Waals surface area contributed by atoms with E-state index in [1.54, 1.807) is 6.07 Å². The number of unbranched alkanes of at least 4 members (excludes halogenated alkanes) is 1. The van der Waals surface area contributed by atoms with E-state index in [4.69, 9.17) is 5.73 Å². The second-order valence-electron chi connectivity index (χ2n) is 7.09. The highest BCUT2D eigenvalue weighted by Crippen LogP contribution is 2.32. The molecule has 0 radical (unpaired) electrons. The lowest BCUT2D eigenvalue weighted by atomic mass is 9.92. The topological polar surface area (TPSA) is 108 Å². The lowest BCUT2D eigenvalue weighted by Gasteiger charge is -2.21. The van der Waals surface area contributed by atoms with E-state index in [2.05, 4.69) is 35.2 Å². The maximum Gasteiger partial charge on any atom is 0.165 e. The van der Waals surface area contributed by atoms with E-state index in [-0.39, 0.29) is 17.5 Å². The number of phenols is 1. The summed E-state index contributed by atoms with van der Waals surface area (Å²) in [6, 6.07) is 7.76. The molecular weight excluding hydrogens is 338 g/mol. The van der Waals surface area contributed by atoms with Crippen LogP contribution < -0.4 is 11.1 Å². The van der Waals surface area contributed by atoms with Gasteiger partial charge in [-0.15, -0.1) is 0 Å². The third-order valence-corrected chi connectivity index (χ3v) is 4.89. The summed E-state index contributed by atoms with van der Waals surface area (Å²) in [5, 5.41) is 23.1. The number of nitrogens with zero attached hydrogens (tertiary/aromatic N) is 3. The highest BCUT2D eigenvalue weighted by atomic mass is 16.3. The van der Waals surface area contributed by atoms with Crippen molar-refractivity contribution in [2.75, 3.05) is 12.8 Å². The minimum Gasteiger partial charge on any atom is -0.507 e. The Kier molecular flexibility index (Phi) is 7.14. The van der Waals surface area contributed by atoms with Gasteiger partial charge in [0.25, 0.3) is 0 Å². The van der Waals surface area contributed by atoms with E-state index in [0.29, 0.717) is 28.7 Å². The van der Waals surface area contributed by atoms with Crippen molar-refractivity contribution in [1.29, 1.82) is 5.26 Å². The van der Waals surface area contributed by atoms with Gasteiger partial charge in [0, 0.05) is 12.0 Å². The van der Waals surface area contributed by atoms with Gasteiger partial charge in [-0.1, -0.05) is 38.3 Å². The molecule has 0 aliphatic carbocycles. The maximum atomic E-state index is 10.2. The molecule has 0 aliphatic heterocycles. The van der Waals surface area contributed by atoms with Crippen LogP contribution in [0.1, 0.15) is 62.3 Å². The molecular formula is C21H29N5O. The van der Waals surface area contributed by atoms with Gasteiger partial charge < -0.3 is 16.2 Å². The van der Waals surface area contributed by atoms with Crippen molar-refractivity contribution in [1.82, 2.24) is 15.3 Å². The number of phenolic OH excluding ortho intramolecular Hbond substituents is 1. The minimum absolute atomic E-state index is 0.0324. The fourth-order valence-electron chi connectivity index (χ4n) is 3.29. The van der Waals surface area contributed by atoms with Gasteiger partial charge in [0.15, 0.2) is 5.82 Å². The van der Waals surface area contributed by atoms with Crippen LogP contribution in [0.25, 0.3) is 11.4 Å². The molecule has 0 spiro atoms. The largest absolute Gasteiger partial charge is 0.507 e. The fraction of sp³-hybridized carbons (Fsp3) is 0.476. The van der Waals surface area contributed by atoms with E-state index >= 15 is 0 Å². The first kappa shape index (κ1) is 20.7. The van der Waals surface area contributed by atoms with Crippen LogP contribution in [0.15, 0.2) is 18.2 Å². The summed E-state index contributed by atoms with van der Waals surface area (Å²) in [6.45, 7) is 6.17. The first-order chi connectivity index (χ1) is 12.9. The van der Waals surface area contributed by atoms with Crippen LogP contribution in [0.3, 0.4) is 0 Å². The summed E-state index contributed by atoms with van der Waals surface area (Å²) in [5.41, 5.74) is 8.54. The molecule has 0 amide bonds. The van der Waals surface area contributed by atoms with Gasteiger partial charge in [-0.05, 0) is 38.9 Å². The zero-order chi connectivity index (χ0) is 20.0. The Bertz CT molecular complexity index is 828. The predicted octanol–water partition coefficient (Wildman–Crippen LogP) is 3.88. The zero-order valence-corrected chi connectivity index (χ0v) is 16.6. The minimum atomic E-state index is 0.0324. The number of rotatable bonds is 8. The molecule has 144 valence electrons. The standard InChI is InChI=1S/C21H29N5O/c1-5-6-7-15(24-4)11-14(3)19-17(12-22)20(23)26-21(25-19)16-10-13(2)8-9-18(16)27/h8-10,14-15,24,27H,5-7,11H2,1-4H3,(H2,23,25,26). The van der Waals surface area contributed by atoms with Gasteiger partial charge in [-0.3, -0.25) is 0 Å². The summed E-state index contributed by atoms with van der Waals surface area (Å²) in [5.74, 6) is 0.633. The zero-order valence-electron chi connectivity index (χ0n) is 16.6. The van der Waals surface area contributed by atoms with Gasteiger partial charge in [0.1, 0.15) is 23.2 Å². The average Bonchev–Trinajstić information content (AvgIpc) is 2.66. The van der Waals surface area contributed by atoms with E-state index in [1.165, 1.54) is 0 Å². The molecule has 1 aromatic carbocycles. The molecule has 0 aliphatic rings. The number of aromatic nitrogens is 2. The highest BCUT2D eigenvalue weighted by Gasteiger charge is 2.22. The summed E-state index contributed by atoms with van der Waals surface area (Å²) >= 11 is 0. The number of benzene rings is 1. The van der Waals surface area contributed by atoms with Crippen molar-refractivity contribution in [3.63, 3.8) is 0 Å². The van der Waals surface area contributed by atoms with Gasteiger partial charge in [0.2, 0.25) is 0 Å². The molecule has 1 heterocycles. The van der Waals surface area contributed by atoms with Crippen molar-refractivity contribution < 1.29 is 5.11 Å². The van der Waals surface area contributed by atoms with E-state index in [9.17, 15) is 10.4 Å². The number of anilines is 1. The van der Waals surface area contributed by atoms with Crippen molar-refractivity contribution in [3.05, 3.63) is 35.0 Å².